The molecule has 96 valence electrons. The van der Waals surface area contributed by atoms with E-state index in [1.165, 1.54) is 0 Å². The standard InChI is InChI=1S/C14H19N3O/c1-5-6-9(2)13(18)12(8-15)14-16-10(3)7-11(4)17-14/h7,9,12H,5-6H2,1-4H3/t9-,12+/m1/s1. The summed E-state index contributed by atoms with van der Waals surface area (Å²) in [5, 5.41) is 9.20. The van der Waals surface area contributed by atoms with E-state index in [1.807, 2.05) is 39.8 Å². The van der Waals surface area contributed by atoms with E-state index >= 15 is 0 Å². The molecule has 1 aromatic heterocycles. The molecule has 0 fully saturated rings. The Bertz CT molecular complexity index is 456. The van der Waals surface area contributed by atoms with E-state index in [9.17, 15) is 10.1 Å². The quantitative estimate of drug-likeness (QED) is 0.800. The van der Waals surface area contributed by atoms with Gasteiger partial charge in [-0.3, -0.25) is 4.79 Å². The molecule has 0 spiro atoms. The molecule has 0 aliphatic heterocycles. The van der Waals surface area contributed by atoms with Crippen molar-refractivity contribution in [2.24, 2.45) is 5.92 Å². The zero-order chi connectivity index (χ0) is 13.7. The average molecular weight is 245 g/mol. The maximum Gasteiger partial charge on any atom is 0.164 e. The van der Waals surface area contributed by atoms with E-state index in [0.29, 0.717) is 5.82 Å². The summed E-state index contributed by atoms with van der Waals surface area (Å²) in [6.45, 7) is 7.57. The zero-order valence-corrected chi connectivity index (χ0v) is 11.4. The Morgan fingerprint density at radius 3 is 2.39 bits per heavy atom. The number of hydrogen-bond acceptors (Lipinski definition) is 4. The van der Waals surface area contributed by atoms with Crippen molar-refractivity contribution >= 4 is 5.78 Å². The maximum atomic E-state index is 12.2. The number of rotatable bonds is 5. The van der Waals surface area contributed by atoms with Crippen LogP contribution in [0.3, 0.4) is 0 Å². The summed E-state index contributed by atoms with van der Waals surface area (Å²) in [7, 11) is 0. The van der Waals surface area contributed by atoms with Crippen molar-refractivity contribution in [1.29, 1.82) is 5.26 Å². The third-order valence-electron chi connectivity index (χ3n) is 2.88. The van der Waals surface area contributed by atoms with Crippen LogP contribution >= 0.6 is 0 Å². The molecule has 0 radical (unpaired) electrons. The second-order valence-corrected chi connectivity index (χ2v) is 4.66. The van der Waals surface area contributed by atoms with Crippen LogP contribution in [0, 0.1) is 31.1 Å². The molecular weight excluding hydrogens is 226 g/mol. The van der Waals surface area contributed by atoms with Gasteiger partial charge in [-0.2, -0.15) is 5.26 Å². The van der Waals surface area contributed by atoms with Crippen LogP contribution in [0.4, 0.5) is 0 Å². The fraction of sp³-hybridized carbons (Fsp3) is 0.571. The minimum atomic E-state index is -0.842. The van der Waals surface area contributed by atoms with Crippen LogP contribution < -0.4 is 0 Å². The Hall–Kier alpha value is -1.76. The SMILES string of the molecule is CCC[C@@H](C)C(=O)[C@H](C#N)c1nc(C)cc(C)n1. The molecule has 1 aromatic rings. The van der Waals surface area contributed by atoms with Crippen LogP contribution in [0.15, 0.2) is 6.07 Å². The summed E-state index contributed by atoms with van der Waals surface area (Å²) in [6, 6.07) is 3.87. The number of Topliss-reactive ketones (excluding diaryl/α,β-unsaturated/α-hetero) is 1. The second-order valence-electron chi connectivity index (χ2n) is 4.66. The summed E-state index contributed by atoms with van der Waals surface area (Å²) in [5.74, 6) is -0.707. The molecule has 0 amide bonds. The maximum absolute atomic E-state index is 12.2. The molecule has 0 aliphatic carbocycles. The lowest BCUT2D eigenvalue weighted by Crippen LogP contribution is -2.21. The summed E-state index contributed by atoms with van der Waals surface area (Å²) < 4.78 is 0. The van der Waals surface area contributed by atoms with Crippen LogP contribution in [0.25, 0.3) is 0 Å². The number of aromatic nitrogens is 2. The van der Waals surface area contributed by atoms with Crippen molar-refractivity contribution in [2.45, 2.75) is 46.5 Å². The number of nitrogens with zero attached hydrogens (tertiary/aromatic N) is 3. The Kier molecular flexibility index (Phi) is 4.96. The highest BCUT2D eigenvalue weighted by Crippen LogP contribution is 2.20. The van der Waals surface area contributed by atoms with Gasteiger partial charge in [0, 0.05) is 17.3 Å². The highest BCUT2D eigenvalue weighted by Gasteiger charge is 2.27. The number of nitriles is 1. The molecule has 0 aromatic carbocycles. The number of aryl methyl sites for hydroxylation is 2. The first-order chi connectivity index (χ1) is 8.49. The van der Waals surface area contributed by atoms with Gasteiger partial charge >= 0.3 is 0 Å². The van der Waals surface area contributed by atoms with Crippen molar-refractivity contribution in [1.82, 2.24) is 9.97 Å². The summed E-state index contributed by atoms with van der Waals surface area (Å²) in [4.78, 5) is 20.6. The van der Waals surface area contributed by atoms with E-state index < -0.39 is 5.92 Å². The van der Waals surface area contributed by atoms with Gasteiger partial charge in [0.1, 0.15) is 0 Å². The van der Waals surface area contributed by atoms with E-state index in [0.717, 1.165) is 24.2 Å². The summed E-state index contributed by atoms with van der Waals surface area (Å²) in [6.07, 6.45) is 1.72. The fourth-order valence-electron chi connectivity index (χ4n) is 1.99. The Balaban J connectivity index is 3.03. The van der Waals surface area contributed by atoms with Gasteiger partial charge in [-0.15, -0.1) is 0 Å². The van der Waals surface area contributed by atoms with Gasteiger partial charge in [0.15, 0.2) is 17.5 Å². The second kappa shape index (κ2) is 6.25. The molecule has 0 saturated carbocycles. The molecule has 0 bridgehead atoms. The van der Waals surface area contributed by atoms with Gasteiger partial charge in [-0.1, -0.05) is 20.3 Å². The van der Waals surface area contributed by atoms with Crippen molar-refractivity contribution in [3.63, 3.8) is 0 Å². The minimum absolute atomic E-state index is 0.0793. The van der Waals surface area contributed by atoms with E-state index in [1.54, 1.807) is 0 Å². The van der Waals surface area contributed by atoms with Gasteiger partial charge in [0.2, 0.25) is 0 Å². The molecule has 0 aliphatic rings. The topological polar surface area (TPSA) is 66.6 Å². The molecule has 1 heterocycles. The van der Waals surface area contributed by atoms with Gasteiger partial charge in [-0.05, 0) is 26.3 Å². The fourth-order valence-corrected chi connectivity index (χ4v) is 1.99. The lowest BCUT2D eigenvalue weighted by molar-refractivity contribution is -0.123. The molecule has 0 N–H and O–H groups in total. The Morgan fingerprint density at radius 1 is 1.39 bits per heavy atom. The molecule has 4 nitrogen and oxygen atoms in total. The van der Waals surface area contributed by atoms with Crippen LogP contribution in [-0.2, 0) is 4.79 Å². The van der Waals surface area contributed by atoms with Gasteiger partial charge < -0.3 is 0 Å². The molecule has 0 saturated heterocycles. The van der Waals surface area contributed by atoms with Crippen molar-refractivity contribution < 1.29 is 4.79 Å². The molecular formula is C14H19N3O. The van der Waals surface area contributed by atoms with Crippen molar-refractivity contribution in [2.75, 3.05) is 0 Å². The Morgan fingerprint density at radius 2 is 1.94 bits per heavy atom. The smallest absolute Gasteiger partial charge is 0.164 e. The van der Waals surface area contributed by atoms with Gasteiger partial charge in [0.25, 0.3) is 0 Å². The van der Waals surface area contributed by atoms with E-state index in [-0.39, 0.29) is 11.7 Å². The lowest BCUT2D eigenvalue weighted by atomic mass is 9.91. The van der Waals surface area contributed by atoms with Crippen molar-refractivity contribution in [3.8, 4) is 6.07 Å². The van der Waals surface area contributed by atoms with Crippen molar-refractivity contribution in [3.05, 3.63) is 23.3 Å². The number of carbonyl (C=O) groups is 1. The number of hydrogen-bond donors (Lipinski definition) is 0. The predicted molar refractivity (Wildman–Crippen MR) is 68.9 cm³/mol. The minimum Gasteiger partial charge on any atom is -0.297 e. The number of carbonyl (C=O) groups excluding carboxylic acids is 1. The lowest BCUT2D eigenvalue weighted by Gasteiger charge is -2.13. The van der Waals surface area contributed by atoms with Crippen LogP contribution in [-0.4, -0.2) is 15.8 Å². The molecule has 1 rings (SSSR count). The van der Waals surface area contributed by atoms with E-state index in [4.69, 9.17) is 0 Å². The zero-order valence-electron chi connectivity index (χ0n) is 11.4. The Labute approximate surface area is 108 Å². The normalized spacial score (nSPS) is 13.7. The molecule has 0 unspecified atom stereocenters. The largest absolute Gasteiger partial charge is 0.297 e. The highest BCUT2D eigenvalue weighted by atomic mass is 16.1. The predicted octanol–water partition coefficient (Wildman–Crippen LogP) is 2.71. The molecule has 2 atom stereocenters. The average Bonchev–Trinajstić information content (AvgIpc) is 2.28. The first-order valence-corrected chi connectivity index (χ1v) is 6.25. The summed E-state index contributed by atoms with van der Waals surface area (Å²) in [5.41, 5.74) is 1.57. The van der Waals surface area contributed by atoms with Gasteiger partial charge in [-0.25, -0.2) is 9.97 Å². The van der Waals surface area contributed by atoms with Crippen LogP contribution in [0.1, 0.15) is 49.8 Å². The van der Waals surface area contributed by atoms with Crippen LogP contribution in [0.5, 0.6) is 0 Å². The third kappa shape index (κ3) is 3.36. The monoisotopic (exact) mass is 245 g/mol. The number of ketones is 1. The molecule has 4 heteroatoms. The van der Waals surface area contributed by atoms with Crippen LogP contribution in [0.2, 0.25) is 0 Å². The first kappa shape index (κ1) is 14.3. The van der Waals surface area contributed by atoms with Gasteiger partial charge in [0.05, 0.1) is 6.07 Å². The third-order valence-corrected chi connectivity index (χ3v) is 2.88. The highest BCUT2D eigenvalue weighted by molar-refractivity contribution is 5.89. The van der Waals surface area contributed by atoms with E-state index in [2.05, 4.69) is 9.97 Å². The summed E-state index contributed by atoms with van der Waals surface area (Å²) >= 11 is 0. The molecule has 18 heavy (non-hydrogen) atoms. The first-order valence-electron chi connectivity index (χ1n) is 6.25.